The van der Waals surface area contributed by atoms with E-state index in [2.05, 4.69) is 0 Å². The predicted octanol–water partition coefficient (Wildman–Crippen LogP) is 4.03. The van der Waals surface area contributed by atoms with E-state index in [1.54, 1.807) is 24.3 Å². The quantitative estimate of drug-likeness (QED) is 0.511. The summed E-state index contributed by atoms with van der Waals surface area (Å²) in [7, 11) is 1.32. The Morgan fingerprint density at radius 3 is 2.36 bits per heavy atom. The summed E-state index contributed by atoms with van der Waals surface area (Å²) in [5.74, 6) is -0.710. The molecule has 0 saturated carbocycles. The third kappa shape index (κ3) is 7.73. The molecule has 25 heavy (non-hydrogen) atoms. The Morgan fingerprint density at radius 1 is 1.16 bits per heavy atom. The number of carbonyl (C=O) groups excluding carboxylic acids is 3. The fourth-order valence-corrected chi connectivity index (χ4v) is 3.30. The molecule has 1 aromatic rings. The van der Waals surface area contributed by atoms with Crippen molar-refractivity contribution in [3.63, 3.8) is 0 Å². The molecular formula is C19H26O5S. The van der Waals surface area contributed by atoms with Gasteiger partial charge in [-0.1, -0.05) is 12.1 Å². The fraction of sp³-hybridized carbons (Fsp3) is 0.526. The predicted molar refractivity (Wildman–Crippen MR) is 97.8 cm³/mol. The molecule has 0 spiro atoms. The molecule has 0 aliphatic rings. The summed E-state index contributed by atoms with van der Waals surface area (Å²) < 4.78 is 10.3. The molecule has 0 aliphatic carbocycles. The lowest BCUT2D eigenvalue weighted by atomic mass is 10.1. The van der Waals surface area contributed by atoms with Crippen molar-refractivity contribution in [1.82, 2.24) is 0 Å². The molecule has 0 heterocycles. The van der Waals surface area contributed by atoms with Crippen LogP contribution < -0.4 is 0 Å². The average molecular weight is 366 g/mol. The number of ketones is 1. The minimum Gasteiger partial charge on any atom is -0.465 e. The normalized spacial score (nSPS) is 12.4. The molecule has 0 radical (unpaired) electrons. The highest BCUT2D eigenvalue weighted by Gasteiger charge is 2.27. The number of esters is 2. The van der Waals surface area contributed by atoms with Crippen LogP contribution in [0, 0.1) is 0 Å². The number of rotatable bonds is 8. The van der Waals surface area contributed by atoms with E-state index in [0.717, 1.165) is 0 Å². The lowest BCUT2D eigenvalue weighted by molar-refractivity contribution is -0.154. The summed E-state index contributed by atoms with van der Waals surface area (Å²) in [6.07, 6.45) is 1.50. The van der Waals surface area contributed by atoms with Crippen LogP contribution in [-0.2, 0) is 19.1 Å². The van der Waals surface area contributed by atoms with Crippen molar-refractivity contribution in [3.8, 4) is 0 Å². The molecule has 1 unspecified atom stereocenters. The summed E-state index contributed by atoms with van der Waals surface area (Å²) in [6, 6.07) is 6.99. The van der Waals surface area contributed by atoms with Crippen molar-refractivity contribution in [1.29, 1.82) is 0 Å². The van der Waals surface area contributed by atoms with Gasteiger partial charge in [0.25, 0.3) is 0 Å². The molecular weight excluding hydrogens is 340 g/mol. The van der Waals surface area contributed by atoms with Crippen molar-refractivity contribution in [3.05, 3.63) is 29.8 Å². The van der Waals surface area contributed by atoms with Gasteiger partial charge in [0.15, 0.2) is 0 Å². The second-order valence-electron chi connectivity index (χ2n) is 6.72. The third-order valence-electron chi connectivity index (χ3n) is 3.23. The number of Topliss-reactive ketones (excluding diaryl/α,β-unsaturated/α-hetero) is 1. The molecule has 0 amide bonds. The molecule has 0 aromatic heterocycles. The Bertz CT molecular complexity index is 618. The topological polar surface area (TPSA) is 69.7 Å². The van der Waals surface area contributed by atoms with Crippen LogP contribution in [0.25, 0.3) is 0 Å². The largest absolute Gasteiger partial charge is 0.465 e. The average Bonchev–Trinajstić information content (AvgIpc) is 2.51. The van der Waals surface area contributed by atoms with Crippen LogP contribution in [0.5, 0.6) is 0 Å². The molecule has 0 fully saturated rings. The maximum absolute atomic E-state index is 12.5. The molecule has 0 saturated heterocycles. The van der Waals surface area contributed by atoms with E-state index in [1.807, 2.05) is 20.8 Å². The van der Waals surface area contributed by atoms with E-state index in [-0.39, 0.29) is 11.8 Å². The van der Waals surface area contributed by atoms with Crippen molar-refractivity contribution in [2.75, 3.05) is 7.11 Å². The van der Waals surface area contributed by atoms with Crippen LogP contribution in [0.15, 0.2) is 29.2 Å². The van der Waals surface area contributed by atoms with Gasteiger partial charge in [0.2, 0.25) is 0 Å². The van der Waals surface area contributed by atoms with Gasteiger partial charge in [-0.3, -0.25) is 4.79 Å². The SMILES string of the molecule is COC(=O)c1ccccc1SC(CCCC(C)=O)C(=O)OC(C)(C)C. The number of thioether (sulfide) groups is 1. The van der Waals surface area contributed by atoms with Gasteiger partial charge >= 0.3 is 11.9 Å². The van der Waals surface area contributed by atoms with Crippen LogP contribution in [-0.4, -0.2) is 35.7 Å². The summed E-state index contributed by atoms with van der Waals surface area (Å²) >= 11 is 1.27. The Kier molecular flexibility index (Phi) is 8.16. The molecule has 1 aromatic carbocycles. The molecule has 138 valence electrons. The number of carbonyl (C=O) groups is 3. The second-order valence-corrected chi connectivity index (χ2v) is 7.97. The molecule has 1 rings (SSSR count). The third-order valence-corrected chi connectivity index (χ3v) is 4.55. The first kappa shape index (κ1) is 21.2. The zero-order valence-electron chi connectivity index (χ0n) is 15.5. The van der Waals surface area contributed by atoms with Crippen LogP contribution in [0.4, 0.5) is 0 Å². The Hall–Kier alpha value is -1.82. The molecule has 6 heteroatoms. The maximum Gasteiger partial charge on any atom is 0.338 e. The van der Waals surface area contributed by atoms with Crippen LogP contribution in [0.3, 0.4) is 0 Å². The van der Waals surface area contributed by atoms with E-state index in [4.69, 9.17) is 9.47 Å². The Labute approximate surface area is 153 Å². The van der Waals surface area contributed by atoms with Crippen molar-refractivity contribution < 1.29 is 23.9 Å². The van der Waals surface area contributed by atoms with Crippen molar-refractivity contribution in [2.45, 2.75) is 62.7 Å². The molecule has 0 bridgehead atoms. The monoisotopic (exact) mass is 366 g/mol. The number of benzene rings is 1. The van der Waals surface area contributed by atoms with Crippen molar-refractivity contribution in [2.24, 2.45) is 0 Å². The second kappa shape index (κ2) is 9.61. The lowest BCUT2D eigenvalue weighted by Crippen LogP contribution is -2.30. The van der Waals surface area contributed by atoms with E-state index in [9.17, 15) is 14.4 Å². The van der Waals surface area contributed by atoms with Gasteiger partial charge < -0.3 is 14.3 Å². The Balaban J connectivity index is 2.98. The first-order chi connectivity index (χ1) is 11.6. The fourth-order valence-electron chi connectivity index (χ4n) is 2.13. The van der Waals surface area contributed by atoms with E-state index in [0.29, 0.717) is 29.7 Å². The van der Waals surface area contributed by atoms with Gasteiger partial charge in [-0.2, -0.15) is 0 Å². The highest BCUT2D eigenvalue weighted by molar-refractivity contribution is 8.00. The van der Waals surface area contributed by atoms with Gasteiger partial charge in [-0.05, 0) is 52.7 Å². The first-order valence-electron chi connectivity index (χ1n) is 8.20. The standard InChI is InChI=1S/C19H26O5S/c1-13(20)9-8-12-16(18(22)24-19(2,3)4)25-15-11-7-6-10-14(15)17(21)23-5/h6-7,10-11,16H,8-9,12H2,1-5H3. The number of ether oxygens (including phenoxy) is 2. The van der Waals surface area contributed by atoms with E-state index >= 15 is 0 Å². The van der Waals surface area contributed by atoms with Gasteiger partial charge in [0.05, 0.1) is 12.7 Å². The molecule has 0 N–H and O–H groups in total. The highest BCUT2D eigenvalue weighted by atomic mass is 32.2. The zero-order valence-corrected chi connectivity index (χ0v) is 16.3. The summed E-state index contributed by atoms with van der Waals surface area (Å²) in [6.45, 7) is 6.96. The molecule has 5 nitrogen and oxygen atoms in total. The van der Waals surface area contributed by atoms with Crippen LogP contribution in [0.2, 0.25) is 0 Å². The lowest BCUT2D eigenvalue weighted by Gasteiger charge is -2.24. The highest BCUT2D eigenvalue weighted by Crippen LogP contribution is 2.31. The Morgan fingerprint density at radius 2 is 1.80 bits per heavy atom. The van der Waals surface area contributed by atoms with Gasteiger partial charge in [-0.15, -0.1) is 11.8 Å². The number of hydrogen-bond acceptors (Lipinski definition) is 6. The van der Waals surface area contributed by atoms with Crippen molar-refractivity contribution >= 4 is 29.5 Å². The van der Waals surface area contributed by atoms with Crippen LogP contribution >= 0.6 is 11.8 Å². The van der Waals surface area contributed by atoms with Gasteiger partial charge in [0.1, 0.15) is 16.6 Å². The van der Waals surface area contributed by atoms with Crippen LogP contribution in [0.1, 0.15) is 57.3 Å². The molecule has 1 atom stereocenters. The number of methoxy groups -OCH3 is 1. The zero-order chi connectivity index (χ0) is 19.0. The molecule has 0 aliphatic heterocycles. The number of hydrogen-bond donors (Lipinski definition) is 0. The van der Waals surface area contributed by atoms with E-state index in [1.165, 1.54) is 25.8 Å². The first-order valence-corrected chi connectivity index (χ1v) is 9.08. The maximum atomic E-state index is 12.5. The van der Waals surface area contributed by atoms with Gasteiger partial charge in [-0.25, -0.2) is 4.79 Å². The summed E-state index contributed by atoms with van der Waals surface area (Å²) in [4.78, 5) is 36.3. The minimum atomic E-state index is -0.599. The smallest absolute Gasteiger partial charge is 0.338 e. The minimum absolute atomic E-state index is 0.0860. The summed E-state index contributed by atoms with van der Waals surface area (Å²) in [5, 5.41) is -0.496. The summed E-state index contributed by atoms with van der Waals surface area (Å²) in [5.41, 5.74) is -0.187. The van der Waals surface area contributed by atoms with Gasteiger partial charge in [0, 0.05) is 11.3 Å². The van der Waals surface area contributed by atoms with E-state index < -0.39 is 16.8 Å².